The first-order valence-electron chi connectivity index (χ1n) is 9.35. The molecule has 25 heavy (non-hydrogen) atoms. The number of hydrogen-bond donors (Lipinski definition) is 0. The van der Waals surface area contributed by atoms with Crippen LogP contribution < -0.4 is 4.74 Å². The van der Waals surface area contributed by atoms with Gasteiger partial charge in [-0.15, -0.1) is 0 Å². The molecule has 0 heterocycles. The Kier molecular flexibility index (Phi) is 8.73. The number of esters is 1. The highest BCUT2D eigenvalue weighted by Crippen LogP contribution is 2.33. The van der Waals surface area contributed by atoms with Gasteiger partial charge >= 0.3 is 5.97 Å². The molecule has 2 nitrogen and oxygen atoms in total. The zero-order chi connectivity index (χ0) is 18.1. The second-order valence-corrected chi connectivity index (χ2v) is 7.90. The normalized spacial score (nSPS) is 20.6. The Morgan fingerprint density at radius 2 is 1.80 bits per heavy atom. The van der Waals surface area contributed by atoms with E-state index in [4.69, 9.17) is 4.74 Å². The second kappa shape index (κ2) is 10.8. The predicted molar refractivity (Wildman–Crippen MR) is 98.1 cm³/mol. The van der Waals surface area contributed by atoms with E-state index in [2.05, 4.69) is 6.92 Å². The van der Waals surface area contributed by atoms with E-state index in [1.165, 1.54) is 32.1 Å². The van der Waals surface area contributed by atoms with Gasteiger partial charge in [0.05, 0.1) is 5.92 Å². The number of unbranched alkanes of at least 4 members (excludes halogenated alkanes) is 3. The van der Waals surface area contributed by atoms with Crippen LogP contribution in [-0.4, -0.2) is 11.7 Å². The lowest BCUT2D eigenvalue weighted by Gasteiger charge is -2.27. The van der Waals surface area contributed by atoms with Crippen molar-refractivity contribution in [3.63, 3.8) is 0 Å². The maximum atomic E-state index is 12.3. The number of alkyl halides is 2. The first-order chi connectivity index (χ1) is 12.1. The van der Waals surface area contributed by atoms with Gasteiger partial charge < -0.3 is 4.74 Å². The van der Waals surface area contributed by atoms with Gasteiger partial charge in [-0.05, 0) is 55.9 Å². The average molecular weight is 371 g/mol. The summed E-state index contributed by atoms with van der Waals surface area (Å²) < 4.78 is 30.0. The number of carbonyl (C=O) groups is 1. The zero-order valence-electron chi connectivity index (χ0n) is 14.9. The van der Waals surface area contributed by atoms with Crippen LogP contribution in [0.5, 0.6) is 5.75 Å². The van der Waals surface area contributed by atoms with Crippen LogP contribution in [0.1, 0.15) is 64.7 Å². The van der Waals surface area contributed by atoms with E-state index in [1.54, 1.807) is 24.3 Å². The van der Waals surface area contributed by atoms with Crippen molar-refractivity contribution >= 4 is 17.7 Å². The molecule has 140 valence electrons. The zero-order valence-corrected chi connectivity index (χ0v) is 15.7. The van der Waals surface area contributed by atoms with Crippen molar-refractivity contribution in [3.8, 4) is 5.75 Å². The summed E-state index contributed by atoms with van der Waals surface area (Å²) in [4.78, 5) is 12.8. The molecule has 0 spiro atoms. The number of halogens is 2. The fourth-order valence-electron chi connectivity index (χ4n) is 3.44. The van der Waals surface area contributed by atoms with Gasteiger partial charge in [-0.3, -0.25) is 4.79 Å². The van der Waals surface area contributed by atoms with Crippen LogP contribution in [0.25, 0.3) is 0 Å². The topological polar surface area (TPSA) is 26.3 Å². The van der Waals surface area contributed by atoms with Crippen molar-refractivity contribution in [1.29, 1.82) is 0 Å². The van der Waals surface area contributed by atoms with E-state index in [1.807, 2.05) is 0 Å². The van der Waals surface area contributed by atoms with E-state index in [0.29, 0.717) is 22.4 Å². The summed E-state index contributed by atoms with van der Waals surface area (Å²) in [7, 11) is 0. The highest BCUT2D eigenvalue weighted by molar-refractivity contribution is 7.99. The lowest BCUT2D eigenvalue weighted by atomic mass is 9.80. The van der Waals surface area contributed by atoms with Crippen LogP contribution in [0.3, 0.4) is 0 Å². The maximum absolute atomic E-state index is 12.3. The molecule has 1 aliphatic carbocycles. The largest absolute Gasteiger partial charge is 0.426 e. The summed E-state index contributed by atoms with van der Waals surface area (Å²) in [5.41, 5.74) is 0. The van der Waals surface area contributed by atoms with Gasteiger partial charge in [-0.2, -0.15) is 8.78 Å². The molecule has 1 fully saturated rings. The minimum atomic E-state index is -2.44. The van der Waals surface area contributed by atoms with Crippen LogP contribution in [0.15, 0.2) is 29.2 Å². The summed E-state index contributed by atoms with van der Waals surface area (Å²) in [6.45, 7) is 2.22. The third kappa shape index (κ3) is 7.35. The van der Waals surface area contributed by atoms with Gasteiger partial charge in [0.25, 0.3) is 5.76 Å². The van der Waals surface area contributed by atoms with Crippen molar-refractivity contribution < 1.29 is 18.3 Å². The standard InChI is InChI=1S/C20H28F2O2S/c1-2-3-4-5-6-15-7-9-16(10-8-15)19(23)24-17-11-13-18(14-12-17)25-20(21)22/h11-16,20H,2-10H2,1H3/t15-,16-. The molecule has 0 aromatic heterocycles. The third-order valence-electron chi connectivity index (χ3n) is 4.91. The van der Waals surface area contributed by atoms with Crippen molar-refractivity contribution in [2.75, 3.05) is 0 Å². The van der Waals surface area contributed by atoms with Gasteiger partial charge in [0.2, 0.25) is 0 Å². The number of benzene rings is 1. The number of hydrogen-bond acceptors (Lipinski definition) is 3. The number of rotatable bonds is 9. The summed E-state index contributed by atoms with van der Waals surface area (Å²) in [6, 6.07) is 6.29. The lowest BCUT2D eigenvalue weighted by molar-refractivity contribution is -0.140. The number of thioether (sulfide) groups is 1. The van der Waals surface area contributed by atoms with Crippen molar-refractivity contribution in [1.82, 2.24) is 0 Å². The molecule has 0 amide bonds. The molecule has 0 aliphatic heterocycles. The van der Waals surface area contributed by atoms with E-state index in [9.17, 15) is 13.6 Å². The van der Waals surface area contributed by atoms with Crippen molar-refractivity contribution in [2.24, 2.45) is 11.8 Å². The molecule has 0 saturated heterocycles. The van der Waals surface area contributed by atoms with Gasteiger partial charge in [0.15, 0.2) is 0 Å². The molecule has 0 bridgehead atoms. The van der Waals surface area contributed by atoms with Crippen LogP contribution >= 0.6 is 11.8 Å². The Balaban J connectivity index is 1.71. The van der Waals surface area contributed by atoms with Gasteiger partial charge in [-0.1, -0.05) is 50.8 Å². The Morgan fingerprint density at radius 1 is 1.12 bits per heavy atom. The molecule has 0 unspecified atom stereocenters. The Morgan fingerprint density at radius 3 is 2.40 bits per heavy atom. The van der Waals surface area contributed by atoms with Crippen molar-refractivity contribution in [3.05, 3.63) is 24.3 Å². The van der Waals surface area contributed by atoms with Gasteiger partial charge in [0, 0.05) is 4.90 Å². The first kappa shape index (κ1) is 20.2. The highest BCUT2D eigenvalue weighted by Gasteiger charge is 2.27. The molecular formula is C20H28F2O2S. The lowest BCUT2D eigenvalue weighted by Crippen LogP contribution is -2.25. The van der Waals surface area contributed by atoms with Crippen LogP contribution in [0.4, 0.5) is 8.78 Å². The van der Waals surface area contributed by atoms with Crippen LogP contribution in [0, 0.1) is 11.8 Å². The van der Waals surface area contributed by atoms with E-state index >= 15 is 0 Å². The average Bonchev–Trinajstić information content (AvgIpc) is 2.60. The number of carbonyl (C=O) groups excluding carboxylic acids is 1. The molecule has 0 N–H and O–H groups in total. The minimum absolute atomic E-state index is 0.0259. The van der Waals surface area contributed by atoms with Crippen LogP contribution in [-0.2, 0) is 4.79 Å². The Bertz CT molecular complexity index is 511. The molecule has 1 aromatic rings. The summed E-state index contributed by atoms with van der Waals surface area (Å²) in [6.07, 6.45) is 10.5. The Hall–Kier alpha value is -1.10. The van der Waals surface area contributed by atoms with Crippen molar-refractivity contribution in [2.45, 2.75) is 75.4 Å². The third-order valence-corrected chi connectivity index (χ3v) is 5.64. The molecule has 2 rings (SSSR count). The van der Waals surface area contributed by atoms with Crippen LogP contribution in [0.2, 0.25) is 0 Å². The number of ether oxygens (including phenoxy) is 1. The molecule has 1 aliphatic rings. The molecule has 1 aromatic carbocycles. The summed E-state index contributed by atoms with van der Waals surface area (Å²) in [5, 5.41) is 0. The predicted octanol–water partition coefficient (Wildman–Crippen LogP) is 6.68. The molecular weight excluding hydrogens is 342 g/mol. The fraction of sp³-hybridized carbons (Fsp3) is 0.650. The van der Waals surface area contributed by atoms with E-state index in [-0.39, 0.29) is 11.9 Å². The SMILES string of the molecule is CCCCCC[C@H]1CC[C@H](C(=O)Oc2ccc(SC(F)F)cc2)CC1. The smallest absolute Gasteiger partial charge is 0.314 e. The molecule has 5 heteroatoms. The quantitative estimate of drug-likeness (QED) is 0.210. The van der Waals surface area contributed by atoms with E-state index < -0.39 is 5.76 Å². The fourth-order valence-corrected chi connectivity index (χ4v) is 3.93. The molecule has 1 saturated carbocycles. The van der Waals surface area contributed by atoms with E-state index in [0.717, 1.165) is 31.6 Å². The summed E-state index contributed by atoms with van der Waals surface area (Å²) >= 11 is 0.490. The Labute approximate surface area is 153 Å². The molecule has 0 radical (unpaired) electrons. The summed E-state index contributed by atoms with van der Waals surface area (Å²) in [5.74, 6) is -1.46. The first-order valence-corrected chi connectivity index (χ1v) is 10.2. The minimum Gasteiger partial charge on any atom is -0.426 e. The second-order valence-electron chi connectivity index (χ2n) is 6.84. The van der Waals surface area contributed by atoms with Gasteiger partial charge in [0.1, 0.15) is 5.75 Å². The highest BCUT2D eigenvalue weighted by atomic mass is 32.2. The molecule has 0 atom stereocenters. The van der Waals surface area contributed by atoms with Gasteiger partial charge in [-0.25, -0.2) is 0 Å². The maximum Gasteiger partial charge on any atom is 0.314 e. The monoisotopic (exact) mass is 370 g/mol.